The number of rotatable bonds is 7. The number of nitrogens with one attached hydrogen (secondary N) is 2. The maximum Gasteiger partial charge on any atom is 0.269 e. The molecule has 8 nitrogen and oxygen atoms in total. The molecule has 0 heterocycles. The summed E-state index contributed by atoms with van der Waals surface area (Å²) in [6, 6.07) is 13.2. The first-order valence-electron chi connectivity index (χ1n) is 10.4. The first-order valence-corrected chi connectivity index (χ1v) is 10.4. The van der Waals surface area contributed by atoms with E-state index in [0.29, 0.717) is 17.0 Å². The lowest BCUT2D eigenvalue weighted by atomic mass is 9.88. The fourth-order valence-corrected chi connectivity index (χ4v) is 3.60. The van der Waals surface area contributed by atoms with Crippen molar-refractivity contribution in [1.29, 1.82) is 0 Å². The number of non-ortho nitro benzene ring substituents is 1. The van der Waals surface area contributed by atoms with Crippen molar-refractivity contribution in [3.8, 4) is 0 Å². The SMILES string of the molecule is C/C(=N/NC(=O)Cc1ccc([N+](=O)[O-])cc1)c1cccc(NC(=O)C2CCCCC2)c1. The van der Waals surface area contributed by atoms with Crippen molar-refractivity contribution in [2.24, 2.45) is 11.0 Å². The van der Waals surface area contributed by atoms with E-state index in [-0.39, 0.29) is 29.8 Å². The molecule has 8 heteroatoms. The number of anilines is 1. The third kappa shape index (κ3) is 6.47. The quantitative estimate of drug-likeness (QED) is 0.395. The number of hydrogen-bond donors (Lipinski definition) is 2. The van der Waals surface area contributed by atoms with Crippen molar-refractivity contribution in [3.63, 3.8) is 0 Å². The fraction of sp³-hybridized carbons (Fsp3) is 0.348. The predicted molar refractivity (Wildman–Crippen MR) is 119 cm³/mol. The lowest BCUT2D eigenvalue weighted by Crippen LogP contribution is -2.24. The molecule has 0 aliphatic heterocycles. The molecule has 3 rings (SSSR count). The van der Waals surface area contributed by atoms with Gasteiger partial charge in [-0.2, -0.15) is 5.10 Å². The topological polar surface area (TPSA) is 114 Å². The number of carbonyl (C=O) groups excluding carboxylic acids is 2. The predicted octanol–water partition coefficient (Wildman–Crippen LogP) is 4.20. The van der Waals surface area contributed by atoms with Gasteiger partial charge in [0.05, 0.1) is 17.1 Å². The van der Waals surface area contributed by atoms with Crippen LogP contribution in [0.4, 0.5) is 11.4 Å². The highest BCUT2D eigenvalue weighted by Crippen LogP contribution is 2.25. The highest BCUT2D eigenvalue weighted by atomic mass is 16.6. The maximum absolute atomic E-state index is 12.5. The maximum atomic E-state index is 12.5. The summed E-state index contributed by atoms with van der Waals surface area (Å²) in [7, 11) is 0. The van der Waals surface area contributed by atoms with Gasteiger partial charge in [-0.25, -0.2) is 5.43 Å². The van der Waals surface area contributed by atoms with E-state index < -0.39 is 4.92 Å². The number of benzene rings is 2. The molecule has 0 aromatic heterocycles. The summed E-state index contributed by atoms with van der Waals surface area (Å²) in [5.74, 6) is -0.191. The summed E-state index contributed by atoms with van der Waals surface area (Å²) in [4.78, 5) is 34.8. The van der Waals surface area contributed by atoms with Crippen LogP contribution in [-0.2, 0) is 16.0 Å². The van der Waals surface area contributed by atoms with E-state index in [0.717, 1.165) is 31.2 Å². The Hall–Kier alpha value is -3.55. The molecule has 2 aromatic carbocycles. The number of hydrogen-bond acceptors (Lipinski definition) is 5. The van der Waals surface area contributed by atoms with Gasteiger partial charge in [-0.1, -0.05) is 43.5 Å². The molecule has 31 heavy (non-hydrogen) atoms. The van der Waals surface area contributed by atoms with Gasteiger partial charge in [0, 0.05) is 23.7 Å². The van der Waals surface area contributed by atoms with Crippen LogP contribution in [0.1, 0.15) is 50.2 Å². The molecular weight excluding hydrogens is 396 g/mol. The van der Waals surface area contributed by atoms with Gasteiger partial charge in [-0.05, 0) is 43.0 Å². The Bertz CT molecular complexity index is 979. The zero-order valence-electron chi connectivity index (χ0n) is 17.5. The molecule has 0 radical (unpaired) electrons. The zero-order valence-corrected chi connectivity index (χ0v) is 17.5. The summed E-state index contributed by atoms with van der Waals surface area (Å²) >= 11 is 0. The van der Waals surface area contributed by atoms with Crippen LogP contribution < -0.4 is 10.7 Å². The van der Waals surface area contributed by atoms with Gasteiger partial charge in [0.1, 0.15) is 0 Å². The van der Waals surface area contributed by atoms with Crippen molar-refractivity contribution in [1.82, 2.24) is 5.43 Å². The van der Waals surface area contributed by atoms with Gasteiger partial charge in [-0.15, -0.1) is 0 Å². The molecule has 2 aromatic rings. The standard InChI is InChI=1S/C23H26N4O4/c1-16(25-26-22(28)14-17-10-12-21(13-11-17)27(30)31)19-8-5-9-20(15-19)24-23(29)18-6-3-2-4-7-18/h5,8-13,15,18H,2-4,6-7,14H2,1H3,(H,24,29)(H,26,28)/b25-16-. The van der Waals surface area contributed by atoms with Crippen LogP contribution in [0.25, 0.3) is 0 Å². The van der Waals surface area contributed by atoms with E-state index in [1.165, 1.54) is 18.6 Å². The largest absolute Gasteiger partial charge is 0.326 e. The molecule has 1 aliphatic carbocycles. The molecule has 2 amide bonds. The number of nitrogens with zero attached hydrogens (tertiary/aromatic N) is 2. The second-order valence-electron chi connectivity index (χ2n) is 7.74. The first-order chi connectivity index (χ1) is 14.9. The molecule has 1 saturated carbocycles. The summed E-state index contributed by atoms with van der Waals surface area (Å²) < 4.78 is 0. The van der Waals surface area contributed by atoms with E-state index in [9.17, 15) is 19.7 Å². The molecule has 0 atom stereocenters. The Morgan fingerprint density at radius 3 is 2.48 bits per heavy atom. The van der Waals surface area contributed by atoms with Gasteiger partial charge in [0.15, 0.2) is 0 Å². The van der Waals surface area contributed by atoms with E-state index in [4.69, 9.17) is 0 Å². The Morgan fingerprint density at radius 1 is 1.10 bits per heavy atom. The van der Waals surface area contributed by atoms with E-state index >= 15 is 0 Å². The molecule has 0 unspecified atom stereocenters. The highest BCUT2D eigenvalue weighted by molar-refractivity contribution is 6.01. The lowest BCUT2D eigenvalue weighted by Gasteiger charge is -2.20. The van der Waals surface area contributed by atoms with Crippen molar-refractivity contribution >= 4 is 28.9 Å². The van der Waals surface area contributed by atoms with Crippen molar-refractivity contribution in [2.75, 3.05) is 5.32 Å². The second kappa shape index (κ2) is 10.5. The van der Waals surface area contributed by atoms with Crippen LogP contribution in [0, 0.1) is 16.0 Å². The minimum absolute atomic E-state index is 0.0199. The average molecular weight is 422 g/mol. The number of nitro groups is 1. The van der Waals surface area contributed by atoms with Crippen LogP contribution in [0.5, 0.6) is 0 Å². The Kier molecular flexibility index (Phi) is 7.48. The smallest absolute Gasteiger partial charge is 0.269 e. The first kappa shape index (κ1) is 22.1. The molecule has 0 saturated heterocycles. The minimum Gasteiger partial charge on any atom is -0.326 e. The molecule has 2 N–H and O–H groups in total. The molecular formula is C23H26N4O4. The van der Waals surface area contributed by atoms with Crippen molar-refractivity contribution in [2.45, 2.75) is 45.4 Å². The lowest BCUT2D eigenvalue weighted by molar-refractivity contribution is -0.384. The van der Waals surface area contributed by atoms with Gasteiger partial charge in [-0.3, -0.25) is 19.7 Å². The summed E-state index contributed by atoms with van der Waals surface area (Å²) in [5.41, 5.74) is 5.24. The van der Waals surface area contributed by atoms with Crippen LogP contribution in [0.15, 0.2) is 53.6 Å². The molecule has 0 bridgehead atoms. The molecule has 1 fully saturated rings. The van der Waals surface area contributed by atoms with Gasteiger partial charge in [0.25, 0.3) is 5.69 Å². The number of amides is 2. The van der Waals surface area contributed by atoms with Crippen LogP contribution in [-0.4, -0.2) is 22.4 Å². The Balaban J connectivity index is 1.56. The van der Waals surface area contributed by atoms with Gasteiger partial charge >= 0.3 is 0 Å². The van der Waals surface area contributed by atoms with Gasteiger partial charge in [0.2, 0.25) is 11.8 Å². The van der Waals surface area contributed by atoms with Crippen molar-refractivity contribution in [3.05, 3.63) is 69.8 Å². The van der Waals surface area contributed by atoms with Crippen LogP contribution in [0.3, 0.4) is 0 Å². The second-order valence-corrected chi connectivity index (χ2v) is 7.74. The minimum atomic E-state index is -0.483. The zero-order chi connectivity index (χ0) is 22.2. The summed E-state index contributed by atoms with van der Waals surface area (Å²) in [6.07, 6.45) is 5.34. The van der Waals surface area contributed by atoms with E-state index in [2.05, 4.69) is 15.8 Å². The van der Waals surface area contributed by atoms with Gasteiger partial charge < -0.3 is 5.32 Å². The normalized spacial score (nSPS) is 14.7. The Morgan fingerprint density at radius 2 is 1.81 bits per heavy atom. The monoisotopic (exact) mass is 422 g/mol. The molecule has 1 aliphatic rings. The number of hydrazone groups is 1. The van der Waals surface area contributed by atoms with E-state index in [1.54, 1.807) is 19.1 Å². The third-order valence-electron chi connectivity index (χ3n) is 5.38. The average Bonchev–Trinajstić information content (AvgIpc) is 2.78. The molecule has 162 valence electrons. The van der Waals surface area contributed by atoms with E-state index in [1.807, 2.05) is 24.3 Å². The summed E-state index contributed by atoms with van der Waals surface area (Å²) in [5, 5.41) is 17.8. The summed E-state index contributed by atoms with van der Waals surface area (Å²) in [6.45, 7) is 1.77. The Labute approximate surface area is 180 Å². The third-order valence-corrected chi connectivity index (χ3v) is 5.38. The van der Waals surface area contributed by atoms with Crippen molar-refractivity contribution < 1.29 is 14.5 Å². The number of nitro benzene ring substituents is 1. The fourth-order valence-electron chi connectivity index (χ4n) is 3.60. The van der Waals surface area contributed by atoms with Crippen LogP contribution >= 0.6 is 0 Å². The number of carbonyl (C=O) groups is 2. The molecule has 0 spiro atoms. The highest BCUT2D eigenvalue weighted by Gasteiger charge is 2.21. The van der Waals surface area contributed by atoms with Crippen LogP contribution in [0.2, 0.25) is 0 Å².